The van der Waals surface area contributed by atoms with Crippen molar-refractivity contribution in [2.45, 2.75) is 49.8 Å². The fraction of sp³-hybridized carbons (Fsp3) is 0.391. The van der Waals surface area contributed by atoms with Crippen molar-refractivity contribution >= 4 is 27.3 Å². The Labute approximate surface area is 184 Å². The molecule has 1 saturated carbocycles. The zero-order valence-corrected chi connectivity index (χ0v) is 18.6. The number of methoxy groups -OCH3 is 1. The lowest BCUT2D eigenvalue weighted by Gasteiger charge is -2.25. The van der Waals surface area contributed by atoms with Gasteiger partial charge in [-0.3, -0.25) is 9.10 Å². The molecule has 1 aliphatic rings. The van der Waals surface area contributed by atoms with Crippen molar-refractivity contribution in [3.8, 4) is 5.75 Å². The number of hydrogen-bond acceptors (Lipinski definition) is 5. The van der Waals surface area contributed by atoms with Crippen LogP contribution in [-0.2, 0) is 14.8 Å². The minimum atomic E-state index is -3.99. The monoisotopic (exact) mass is 443 g/mol. The summed E-state index contributed by atoms with van der Waals surface area (Å²) in [5, 5.41) is 4.29. The number of carbonyl (C=O) groups excluding carboxylic acids is 1. The van der Waals surface area contributed by atoms with Crippen LogP contribution in [0.3, 0.4) is 0 Å². The standard InChI is InChI=1S/C23H29N3O4S/c1-30-22-17-11-10-16-21(22)26(31(28,29)20-14-8-5-9-15-20)18-23(27)25-24-19-12-6-3-2-4-7-13-19/h5,8-11,14-17H,2-4,6-7,12-13,18H2,1H3,(H,25,27). The molecule has 0 heterocycles. The topological polar surface area (TPSA) is 88.1 Å². The third-order valence-electron chi connectivity index (χ3n) is 5.24. The van der Waals surface area contributed by atoms with Gasteiger partial charge in [0.25, 0.3) is 15.9 Å². The van der Waals surface area contributed by atoms with Crippen molar-refractivity contribution in [1.29, 1.82) is 0 Å². The maximum atomic E-state index is 13.4. The number of hydrogen-bond donors (Lipinski definition) is 1. The van der Waals surface area contributed by atoms with Gasteiger partial charge in [-0.1, -0.05) is 49.6 Å². The van der Waals surface area contributed by atoms with E-state index in [0.29, 0.717) is 11.4 Å². The molecule has 0 atom stereocenters. The van der Waals surface area contributed by atoms with E-state index in [-0.39, 0.29) is 4.90 Å². The van der Waals surface area contributed by atoms with Crippen LogP contribution in [0.2, 0.25) is 0 Å². The SMILES string of the molecule is COc1ccccc1N(CC(=O)NN=C1CCCCCCC1)S(=O)(=O)c1ccccc1. The number of anilines is 1. The summed E-state index contributed by atoms with van der Waals surface area (Å²) in [6.07, 6.45) is 7.42. The van der Waals surface area contributed by atoms with Gasteiger partial charge in [-0.2, -0.15) is 5.10 Å². The second-order valence-electron chi connectivity index (χ2n) is 7.48. The van der Waals surface area contributed by atoms with E-state index in [0.717, 1.165) is 35.7 Å². The van der Waals surface area contributed by atoms with Gasteiger partial charge < -0.3 is 4.74 Å². The molecule has 1 fully saturated rings. The predicted molar refractivity (Wildman–Crippen MR) is 122 cm³/mol. The molecular formula is C23H29N3O4S. The van der Waals surface area contributed by atoms with E-state index in [9.17, 15) is 13.2 Å². The van der Waals surface area contributed by atoms with Crippen molar-refractivity contribution in [1.82, 2.24) is 5.43 Å². The molecule has 8 heteroatoms. The summed E-state index contributed by atoms with van der Waals surface area (Å²) in [6, 6.07) is 14.8. The summed E-state index contributed by atoms with van der Waals surface area (Å²) in [7, 11) is -2.53. The number of nitrogens with zero attached hydrogens (tertiary/aromatic N) is 2. The van der Waals surface area contributed by atoms with Crippen LogP contribution < -0.4 is 14.5 Å². The van der Waals surface area contributed by atoms with E-state index in [1.54, 1.807) is 42.5 Å². The van der Waals surface area contributed by atoms with Crippen LogP contribution >= 0.6 is 0 Å². The molecule has 0 radical (unpaired) electrons. The van der Waals surface area contributed by atoms with Crippen molar-refractivity contribution in [2.75, 3.05) is 18.0 Å². The maximum absolute atomic E-state index is 13.4. The molecule has 0 bridgehead atoms. The molecule has 7 nitrogen and oxygen atoms in total. The second kappa shape index (κ2) is 10.9. The number of ether oxygens (including phenoxy) is 1. The first-order valence-electron chi connectivity index (χ1n) is 10.6. The van der Waals surface area contributed by atoms with Gasteiger partial charge in [-0.25, -0.2) is 13.8 Å². The average molecular weight is 444 g/mol. The number of sulfonamides is 1. The first kappa shape index (κ1) is 22.8. The van der Waals surface area contributed by atoms with Crippen LogP contribution in [0, 0.1) is 0 Å². The van der Waals surface area contributed by atoms with Crippen LogP contribution in [-0.4, -0.2) is 33.7 Å². The highest BCUT2D eigenvalue weighted by Crippen LogP contribution is 2.32. The first-order chi connectivity index (χ1) is 15.0. The van der Waals surface area contributed by atoms with Crippen LogP contribution in [0.4, 0.5) is 5.69 Å². The molecule has 3 rings (SSSR count). The van der Waals surface area contributed by atoms with Gasteiger partial charge in [0.1, 0.15) is 12.3 Å². The first-order valence-corrected chi connectivity index (χ1v) is 12.0. The minimum Gasteiger partial charge on any atom is -0.495 e. The Morgan fingerprint density at radius 3 is 2.26 bits per heavy atom. The van der Waals surface area contributed by atoms with Gasteiger partial charge >= 0.3 is 0 Å². The van der Waals surface area contributed by atoms with Gasteiger partial charge in [0.2, 0.25) is 0 Å². The van der Waals surface area contributed by atoms with E-state index < -0.39 is 22.5 Å². The number of para-hydroxylation sites is 2. The van der Waals surface area contributed by atoms with Gasteiger partial charge in [0.05, 0.1) is 17.7 Å². The molecule has 1 N–H and O–H groups in total. The highest BCUT2D eigenvalue weighted by molar-refractivity contribution is 7.92. The Balaban J connectivity index is 1.85. The lowest BCUT2D eigenvalue weighted by molar-refractivity contribution is -0.119. The number of amides is 1. The quantitative estimate of drug-likeness (QED) is 0.653. The highest BCUT2D eigenvalue weighted by Gasteiger charge is 2.29. The van der Waals surface area contributed by atoms with Crippen molar-refractivity contribution in [3.63, 3.8) is 0 Å². The number of carbonyl (C=O) groups is 1. The van der Waals surface area contributed by atoms with Gasteiger partial charge in [-0.05, 0) is 49.9 Å². The Hall–Kier alpha value is -2.87. The zero-order chi connectivity index (χ0) is 22.1. The van der Waals surface area contributed by atoms with Crippen LogP contribution in [0.15, 0.2) is 64.6 Å². The molecule has 1 amide bonds. The van der Waals surface area contributed by atoms with E-state index in [2.05, 4.69) is 10.5 Å². The fourth-order valence-electron chi connectivity index (χ4n) is 3.59. The third-order valence-corrected chi connectivity index (χ3v) is 7.02. The average Bonchev–Trinajstić information content (AvgIpc) is 2.77. The molecule has 2 aromatic rings. The molecule has 1 aliphatic carbocycles. The third kappa shape index (κ3) is 6.07. The largest absolute Gasteiger partial charge is 0.495 e. The lowest BCUT2D eigenvalue weighted by atomic mass is 9.99. The maximum Gasteiger partial charge on any atom is 0.264 e. The Kier molecular flexibility index (Phi) is 8.06. The van der Waals surface area contributed by atoms with E-state index in [1.807, 2.05) is 0 Å². The van der Waals surface area contributed by atoms with Gasteiger partial charge in [0.15, 0.2) is 0 Å². The fourth-order valence-corrected chi connectivity index (χ4v) is 5.04. The zero-order valence-electron chi connectivity index (χ0n) is 17.8. The summed E-state index contributed by atoms with van der Waals surface area (Å²) in [4.78, 5) is 12.8. The van der Waals surface area contributed by atoms with Crippen LogP contribution in [0.1, 0.15) is 44.9 Å². The summed E-state index contributed by atoms with van der Waals surface area (Å²) in [5.41, 5.74) is 3.82. The summed E-state index contributed by atoms with van der Waals surface area (Å²) < 4.78 is 33.2. The molecule has 0 saturated heterocycles. The second-order valence-corrected chi connectivity index (χ2v) is 9.34. The lowest BCUT2D eigenvalue weighted by Crippen LogP contribution is -2.40. The van der Waals surface area contributed by atoms with Crippen molar-refractivity contribution in [2.24, 2.45) is 5.10 Å². The molecule has 0 aliphatic heterocycles. The normalized spacial score (nSPS) is 14.8. The Bertz CT molecular complexity index is 996. The van der Waals surface area contributed by atoms with E-state index in [4.69, 9.17) is 4.74 Å². The predicted octanol–water partition coefficient (Wildman–Crippen LogP) is 4.11. The summed E-state index contributed by atoms with van der Waals surface area (Å²) in [6.45, 7) is -0.408. The number of nitrogens with one attached hydrogen (secondary N) is 1. The molecule has 0 spiro atoms. The van der Waals surface area contributed by atoms with E-state index in [1.165, 1.54) is 38.5 Å². The molecule has 0 unspecified atom stereocenters. The Morgan fingerprint density at radius 2 is 1.58 bits per heavy atom. The molecule has 31 heavy (non-hydrogen) atoms. The van der Waals surface area contributed by atoms with Crippen LogP contribution in [0.5, 0.6) is 5.75 Å². The molecule has 0 aromatic heterocycles. The number of benzene rings is 2. The van der Waals surface area contributed by atoms with Crippen molar-refractivity contribution in [3.05, 3.63) is 54.6 Å². The van der Waals surface area contributed by atoms with Crippen molar-refractivity contribution < 1.29 is 17.9 Å². The molecule has 166 valence electrons. The highest BCUT2D eigenvalue weighted by atomic mass is 32.2. The molecule has 2 aromatic carbocycles. The number of hydrazone groups is 1. The summed E-state index contributed by atoms with van der Waals surface area (Å²) >= 11 is 0. The smallest absolute Gasteiger partial charge is 0.264 e. The summed E-state index contributed by atoms with van der Waals surface area (Å²) in [5.74, 6) is -0.138. The van der Waals surface area contributed by atoms with Gasteiger partial charge in [-0.15, -0.1) is 0 Å². The Morgan fingerprint density at radius 1 is 0.968 bits per heavy atom. The minimum absolute atomic E-state index is 0.0973. The number of rotatable bonds is 7. The van der Waals surface area contributed by atoms with Crippen LogP contribution in [0.25, 0.3) is 0 Å². The van der Waals surface area contributed by atoms with E-state index >= 15 is 0 Å². The molecular weight excluding hydrogens is 414 g/mol. The van der Waals surface area contributed by atoms with Gasteiger partial charge in [0, 0.05) is 5.71 Å².